The van der Waals surface area contributed by atoms with Gasteiger partial charge >= 0.3 is 0 Å². The number of piperidine rings is 1. The van der Waals surface area contributed by atoms with Gasteiger partial charge in [0, 0.05) is 31.1 Å². The Labute approximate surface area is 119 Å². The SMILES string of the molecule is CNC1CCCN(C(=O)c2cc(C3CC3)on2)C1.Cl. The van der Waals surface area contributed by atoms with E-state index in [1.165, 1.54) is 0 Å². The Morgan fingerprint density at radius 2 is 2.26 bits per heavy atom. The molecule has 2 fully saturated rings. The first kappa shape index (κ1) is 14.3. The molecule has 1 saturated carbocycles. The van der Waals surface area contributed by atoms with Gasteiger partial charge in [0.05, 0.1) is 0 Å². The van der Waals surface area contributed by atoms with E-state index in [4.69, 9.17) is 4.52 Å². The lowest BCUT2D eigenvalue weighted by atomic mass is 10.1. The van der Waals surface area contributed by atoms with E-state index in [9.17, 15) is 4.79 Å². The van der Waals surface area contributed by atoms with Crippen molar-refractivity contribution in [1.29, 1.82) is 0 Å². The molecule has 0 spiro atoms. The van der Waals surface area contributed by atoms with E-state index in [-0.39, 0.29) is 18.3 Å². The van der Waals surface area contributed by atoms with Crippen molar-refractivity contribution < 1.29 is 9.32 Å². The van der Waals surface area contributed by atoms with Crippen molar-refractivity contribution in [2.24, 2.45) is 0 Å². The van der Waals surface area contributed by atoms with Crippen molar-refractivity contribution >= 4 is 18.3 Å². The van der Waals surface area contributed by atoms with Gasteiger partial charge in [-0.25, -0.2) is 0 Å². The van der Waals surface area contributed by atoms with Gasteiger partial charge in [0.1, 0.15) is 5.76 Å². The van der Waals surface area contributed by atoms with Crippen LogP contribution in [0.1, 0.15) is 47.8 Å². The molecule has 1 saturated heterocycles. The fraction of sp³-hybridized carbons (Fsp3) is 0.692. The molecule has 1 aliphatic carbocycles. The molecule has 5 nitrogen and oxygen atoms in total. The minimum absolute atomic E-state index is 0. The maximum Gasteiger partial charge on any atom is 0.276 e. The molecule has 1 aromatic rings. The number of aromatic nitrogens is 1. The molecule has 1 unspecified atom stereocenters. The van der Waals surface area contributed by atoms with E-state index in [2.05, 4.69) is 10.5 Å². The van der Waals surface area contributed by atoms with Gasteiger partial charge in [-0.1, -0.05) is 5.16 Å². The van der Waals surface area contributed by atoms with E-state index in [1.54, 1.807) is 0 Å². The summed E-state index contributed by atoms with van der Waals surface area (Å²) in [5.41, 5.74) is 0.466. The lowest BCUT2D eigenvalue weighted by Crippen LogP contribution is -2.47. The smallest absolute Gasteiger partial charge is 0.276 e. The molecule has 1 aliphatic heterocycles. The minimum atomic E-state index is 0. The van der Waals surface area contributed by atoms with Crippen molar-refractivity contribution in [1.82, 2.24) is 15.4 Å². The van der Waals surface area contributed by atoms with Crippen LogP contribution in [0.5, 0.6) is 0 Å². The van der Waals surface area contributed by atoms with E-state index in [0.717, 1.165) is 44.5 Å². The maximum absolute atomic E-state index is 12.3. The molecule has 2 aliphatic rings. The molecule has 1 aromatic heterocycles. The first-order valence-electron chi connectivity index (χ1n) is 6.71. The van der Waals surface area contributed by atoms with Crippen LogP contribution in [-0.4, -0.2) is 42.1 Å². The second-order valence-electron chi connectivity index (χ2n) is 5.27. The zero-order valence-electron chi connectivity index (χ0n) is 11.1. The van der Waals surface area contributed by atoms with Crippen LogP contribution < -0.4 is 5.32 Å². The summed E-state index contributed by atoms with van der Waals surface area (Å²) in [5.74, 6) is 1.39. The van der Waals surface area contributed by atoms with Crippen molar-refractivity contribution in [2.45, 2.75) is 37.6 Å². The molecule has 2 heterocycles. The number of hydrogen-bond acceptors (Lipinski definition) is 4. The molecule has 1 atom stereocenters. The number of hydrogen-bond donors (Lipinski definition) is 1. The number of likely N-dealkylation sites (tertiary alicyclic amines) is 1. The van der Waals surface area contributed by atoms with Gasteiger partial charge in [-0.05, 0) is 32.7 Å². The molecular formula is C13H20ClN3O2. The number of nitrogens with one attached hydrogen (secondary N) is 1. The number of carbonyl (C=O) groups excluding carboxylic acids is 1. The molecule has 0 aromatic carbocycles. The largest absolute Gasteiger partial charge is 0.360 e. The van der Waals surface area contributed by atoms with Gasteiger partial charge in [-0.2, -0.15) is 0 Å². The molecule has 0 bridgehead atoms. The summed E-state index contributed by atoms with van der Waals surface area (Å²) in [5, 5.41) is 7.15. The molecule has 0 radical (unpaired) electrons. The fourth-order valence-corrected chi connectivity index (χ4v) is 2.51. The topological polar surface area (TPSA) is 58.4 Å². The third kappa shape index (κ3) is 3.09. The number of amides is 1. The second-order valence-corrected chi connectivity index (χ2v) is 5.27. The molecule has 106 valence electrons. The maximum atomic E-state index is 12.3. The number of likely N-dealkylation sites (N-methyl/N-ethyl adjacent to an activating group) is 1. The van der Waals surface area contributed by atoms with Crippen molar-refractivity contribution in [3.63, 3.8) is 0 Å². The highest BCUT2D eigenvalue weighted by atomic mass is 35.5. The van der Waals surface area contributed by atoms with E-state index < -0.39 is 0 Å². The Morgan fingerprint density at radius 3 is 2.95 bits per heavy atom. The second kappa shape index (κ2) is 5.92. The highest BCUT2D eigenvalue weighted by Gasteiger charge is 2.30. The molecule has 6 heteroatoms. The van der Waals surface area contributed by atoms with Crippen molar-refractivity contribution in [3.8, 4) is 0 Å². The van der Waals surface area contributed by atoms with E-state index >= 15 is 0 Å². The third-order valence-electron chi connectivity index (χ3n) is 3.84. The van der Waals surface area contributed by atoms with Crippen LogP contribution in [-0.2, 0) is 0 Å². The minimum Gasteiger partial charge on any atom is -0.360 e. The predicted octanol–water partition coefficient (Wildman–Crippen LogP) is 1.80. The van der Waals surface area contributed by atoms with Crippen LogP contribution in [0.25, 0.3) is 0 Å². The zero-order chi connectivity index (χ0) is 12.5. The van der Waals surface area contributed by atoms with Gasteiger partial charge in [-0.15, -0.1) is 12.4 Å². The number of nitrogens with zero attached hydrogens (tertiary/aromatic N) is 2. The molecule has 19 heavy (non-hydrogen) atoms. The first-order chi connectivity index (χ1) is 8.78. The van der Waals surface area contributed by atoms with Gasteiger partial charge in [0.15, 0.2) is 5.69 Å². The number of halogens is 1. The van der Waals surface area contributed by atoms with Gasteiger partial charge in [0.2, 0.25) is 0 Å². The normalized spacial score (nSPS) is 23.0. The lowest BCUT2D eigenvalue weighted by molar-refractivity contribution is 0.0687. The Bertz CT molecular complexity index is 445. The Morgan fingerprint density at radius 1 is 1.47 bits per heavy atom. The summed E-state index contributed by atoms with van der Waals surface area (Å²) >= 11 is 0. The highest BCUT2D eigenvalue weighted by molar-refractivity contribution is 5.92. The quantitative estimate of drug-likeness (QED) is 0.920. The van der Waals surface area contributed by atoms with Crippen LogP contribution in [0.2, 0.25) is 0 Å². The van der Waals surface area contributed by atoms with Crippen molar-refractivity contribution in [3.05, 3.63) is 17.5 Å². The summed E-state index contributed by atoms with van der Waals surface area (Å²) in [6.07, 6.45) is 4.50. The van der Waals surface area contributed by atoms with Crippen LogP contribution in [0.3, 0.4) is 0 Å². The van der Waals surface area contributed by atoms with Crippen molar-refractivity contribution in [2.75, 3.05) is 20.1 Å². The summed E-state index contributed by atoms with van der Waals surface area (Å²) in [7, 11) is 1.94. The molecular weight excluding hydrogens is 266 g/mol. The van der Waals surface area contributed by atoms with Crippen LogP contribution in [0.4, 0.5) is 0 Å². The van der Waals surface area contributed by atoms with Crippen LogP contribution in [0.15, 0.2) is 10.6 Å². The predicted molar refractivity (Wildman–Crippen MR) is 73.7 cm³/mol. The van der Waals surface area contributed by atoms with Crippen LogP contribution in [0, 0.1) is 0 Å². The van der Waals surface area contributed by atoms with Crippen LogP contribution >= 0.6 is 12.4 Å². The average Bonchev–Trinajstić information content (AvgIpc) is 3.16. The lowest BCUT2D eigenvalue weighted by Gasteiger charge is -2.31. The summed E-state index contributed by atoms with van der Waals surface area (Å²) in [6.45, 7) is 1.59. The summed E-state index contributed by atoms with van der Waals surface area (Å²) in [6, 6.07) is 2.22. The summed E-state index contributed by atoms with van der Waals surface area (Å²) in [4.78, 5) is 14.2. The molecule has 1 N–H and O–H groups in total. The van der Waals surface area contributed by atoms with Gasteiger partial charge in [0.25, 0.3) is 5.91 Å². The third-order valence-corrected chi connectivity index (χ3v) is 3.84. The fourth-order valence-electron chi connectivity index (χ4n) is 2.51. The molecule has 1 amide bonds. The number of carbonyl (C=O) groups is 1. The highest BCUT2D eigenvalue weighted by Crippen LogP contribution is 2.40. The van der Waals surface area contributed by atoms with E-state index in [0.29, 0.717) is 17.7 Å². The Balaban J connectivity index is 0.00000133. The Kier molecular flexibility index (Phi) is 4.47. The van der Waals surface area contributed by atoms with Gasteiger partial charge in [-0.3, -0.25) is 4.79 Å². The summed E-state index contributed by atoms with van der Waals surface area (Å²) < 4.78 is 5.24. The number of rotatable bonds is 3. The molecule has 3 rings (SSSR count). The first-order valence-corrected chi connectivity index (χ1v) is 6.71. The monoisotopic (exact) mass is 285 g/mol. The standard InChI is InChI=1S/C13H19N3O2.ClH/c1-14-10-3-2-6-16(8-10)13(17)11-7-12(18-15-11)9-4-5-9;/h7,9-10,14H,2-6,8H2,1H3;1H. The van der Waals surface area contributed by atoms with Gasteiger partial charge < -0.3 is 14.7 Å². The average molecular weight is 286 g/mol. The zero-order valence-corrected chi connectivity index (χ0v) is 11.9. The van der Waals surface area contributed by atoms with E-state index in [1.807, 2.05) is 18.0 Å². The Hall–Kier alpha value is -1.07.